The van der Waals surface area contributed by atoms with Gasteiger partial charge >= 0.3 is 5.97 Å². The fraction of sp³-hybridized carbons (Fsp3) is 0.615. The number of aromatic amines is 1. The van der Waals surface area contributed by atoms with E-state index >= 15 is 0 Å². The standard InChI is InChI=1S/C13H21N3O4S/c1-2-5-16-6-3-10(4-7-16)15-21(19,20)11-8-12(13(17)18)14-9-11/h8-10,14-15H,2-7H2,1H3,(H,17,18). The van der Waals surface area contributed by atoms with Gasteiger partial charge in [-0.2, -0.15) is 0 Å². The van der Waals surface area contributed by atoms with Crippen LogP contribution in [0.25, 0.3) is 0 Å². The number of carbonyl (C=O) groups is 1. The molecule has 118 valence electrons. The second kappa shape index (κ2) is 6.59. The first-order valence-electron chi connectivity index (χ1n) is 7.08. The van der Waals surface area contributed by atoms with E-state index in [4.69, 9.17) is 5.11 Å². The highest BCUT2D eigenvalue weighted by Gasteiger charge is 2.25. The van der Waals surface area contributed by atoms with E-state index in [0.29, 0.717) is 0 Å². The molecule has 3 N–H and O–H groups in total. The molecule has 7 nitrogen and oxygen atoms in total. The molecule has 1 aliphatic rings. The van der Waals surface area contributed by atoms with Gasteiger partial charge in [0, 0.05) is 12.2 Å². The molecular formula is C13H21N3O4S. The number of aromatic carboxylic acids is 1. The number of H-pyrrole nitrogens is 1. The first kappa shape index (κ1) is 16.0. The molecule has 0 radical (unpaired) electrons. The van der Waals surface area contributed by atoms with E-state index in [-0.39, 0.29) is 16.6 Å². The van der Waals surface area contributed by atoms with Crippen molar-refractivity contribution in [3.8, 4) is 0 Å². The minimum Gasteiger partial charge on any atom is -0.477 e. The van der Waals surface area contributed by atoms with Crippen LogP contribution in [0.5, 0.6) is 0 Å². The van der Waals surface area contributed by atoms with Crippen molar-refractivity contribution in [3.63, 3.8) is 0 Å². The Kier molecular flexibility index (Phi) is 5.02. The van der Waals surface area contributed by atoms with Gasteiger partial charge in [0.25, 0.3) is 0 Å². The third-order valence-electron chi connectivity index (χ3n) is 3.65. The Labute approximate surface area is 124 Å². The smallest absolute Gasteiger partial charge is 0.352 e. The second-order valence-corrected chi connectivity index (χ2v) is 7.01. The van der Waals surface area contributed by atoms with Crippen molar-refractivity contribution in [1.29, 1.82) is 0 Å². The Bertz CT molecular complexity index is 588. The Balaban J connectivity index is 1.96. The molecule has 2 rings (SSSR count). The number of carboxylic acids is 1. The van der Waals surface area contributed by atoms with Gasteiger partial charge < -0.3 is 15.0 Å². The summed E-state index contributed by atoms with van der Waals surface area (Å²) in [7, 11) is -3.67. The Morgan fingerprint density at radius 1 is 1.48 bits per heavy atom. The highest BCUT2D eigenvalue weighted by Crippen LogP contribution is 2.16. The van der Waals surface area contributed by atoms with Gasteiger partial charge in [-0.25, -0.2) is 17.9 Å². The molecule has 1 saturated heterocycles. The van der Waals surface area contributed by atoms with Gasteiger partial charge in [0.05, 0.1) is 0 Å². The predicted molar refractivity (Wildman–Crippen MR) is 77.8 cm³/mol. The largest absolute Gasteiger partial charge is 0.477 e. The Morgan fingerprint density at radius 2 is 2.14 bits per heavy atom. The maximum Gasteiger partial charge on any atom is 0.352 e. The normalized spacial score (nSPS) is 18.0. The van der Waals surface area contributed by atoms with Crippen molar-refractivity contribution in [2.24, 2.45) is 0 Å². The van der Waals surface area contributed by atoms with Crippen LogP contribution < -0.4 is 4.72 Å². The Morgan fingerprint density at radius 3 is 2.67 bits per heavy atom. The van der Waals surface area contributed by atoms with Crippen LogP contribution in [0.4, 0.5) is 0 Å². The third-order valence-corrected chi connectivity index (χ3v) is 5.15. The van der Waals surface area contributed by atoms with Crippen molar-refractivity contribution in [2.75, 3.05) is 19.6 Å². The summed E-state index contributed by atoms with van der Waals surface area (Å²) < 4.78 is 27.1. The molecule has 1 aliphatic heterocycles. The Hall–Kier alpha value is -1.38. The molecule has 8 heteroatoms. The van der Waals surface area contributed by atoms with Crippen LogP contribution in [0.3, 0.4) is 0 Å². The number of nitrogens with one attached hydrogen (secondary N) is 2. The van der Waals surface area contributed by atoms with Gasteiger partial charge in [-0.15, -0.1) is 0 Å². The van der Waals surface area contributed by atoms with Gasteiger partial charge in [-0.3, -0.25) is 0 Å². The number of likely N-dealkylation sites (tertiary alicyclic amines) is 1. The molecule has 1 aromatic heterocycles. The summed E-state index contributed by atoms with van der Waals surface area (Å²) in [5.74, 6) is -1.18. The van der Waals surface area contributed by atoms with Crippen LogP contribution in [-0.2, 0) is 10.0 Å². The zero-order chi connectivity index (χ0) is 15.5. The van der Waals surface area contributed by atoms with Gasteiger partial charge in [-0.05, 0) is 45.0 Å². The zero-order valence-electron chi connectivity index (χ0n) is 12.0. The molecule has 21 heavy (non-hydrogen) atoms. The lowest BCUT2D eigenvalue weighted by Crippen LogP contribution is -2.44. The summed E-state index contributed by atoms with van der Waals surface area (Å²) in [5, 5.41) is 8.81. The van der Waals surface area contributed by atoms with Gasteiger partial charge in [0.15, 0.2) is 0 Å². The van der Waals surface area contributed by atoms with Crippen molar-refractivity contribution < 1.29 is 18.3 Å². The fourth-order valence-corrected chi connectivity index (χ4v) is 3.83. The molecule has 1 aromatic rings. The molecule has 0 saturated carbocycles. The topological polar surface area (TPSA) is 103 Å². The zero-order valence-corrected chi connectivity index (χ0v) is 12.8. The molecular weight excluding hydrogens is 294 g/mol. The number of hydrogen-bond donors (Lipinski definition) is 3. The third kappa shape index (κ3) is 4.05. The van der Waals surface area contributed by atoms with Crippen LogP contribution in [0.2, 0.25) is 0 Å². The van der Waals surface area contributed by atoms with Crippen LogP contribution in [-0.4, -0.2) is 55.1 Å². The molecule has 0 aromatic carbocycles. The van der Waals surface area contributed by atoms with E-state index in [1.807, 2.05) is 0 Å². The molecule has 0 atom stereocenters. The van der Waals surface area contributed by atoms with E-state index < -0.39 is 16.0 Å². The number of piperidine rings is 1. The first-order chi connectivity index (χ1) is 9.92. The average Bonchev–Trinajstić information content (AvgIpc) is 2.92. The number of nitrogens with zero attached hydrogens (tertiary/aromatic N) is 1. The van der Waals surface area contributed by atoms with Gasteiger partial charge in [0.2, 0.25) is 10.0 Å². The fourth-order valence-electron chi connectivity index (χ4n) is 2.53. The lowest BCUT2D eigenvalue weighted by molar-refractivity contribution is 0.0691. The van der Waals surface area contributed by atoms with E-state index in [1.54, 1.807) is 0 Å². The number of hydrogen-bond acceptors (Lipinski definition) is 4. The predicted octanol–water partition coefficient (Wildman–Crippen LogP) is 0.866. The first-order valence-corrected chi connectivity index (χ1v) is 8.57. The number of rotatable bonds is 6. The molecule has 0 bridgehead atoms. The molecule has 1 fully saturated rings. The van der Waals surface area contributed by atoms with Crippen molar-refractivity contribution in [1.82, 2.24) is 14.6 Å². The number of sulfonamides is 1. The summed E-state index contributed by atoms with van der Waals surface area (Å²) in [4.78, 5) is 15.5. The van der Waals surface area contributed by atoms with E-state index in [1.165, 1.54) is 6.20 Å². The average molecular weight is 315 g/mol. The van der Waals surface area contributed by atoms with E-state index in [2.05, 4.69) is 21.5 Å². The van der Waals surface area contributed by atoms with Crippen LogP contribution in [0, 0.1) is 0 Å². The highest BCUT2D eigenvalue weighted by atomic mass is 32.2. The van der Waals surface area contributed by atoms with Crippen LogP contribution in [0.15, 0.2) is 17.2 Å². The second-order valence-electron chi connectivity index (χ2n) is 5.29. The van der Waals surface area contributed by atoms with E-state index in [9.17, 15) is 13.2 Å². The minimum absolute atomic E-state index is 0.0316. The van der Waals surface area contributed by atoms with Crippen molar-refractivity contribution in [2.45, 2.75) is 37.1 Å². The maximum atomic E-state index is 12.2. The molecule has 0 aliphatic carbocycles. The summed E-state index contributed by atoms with van der Waals surface area (Å²) in [6.07, 6.45) is 3.85. The maximum absolute atomic E-state index is 12.2. The summed E-state index contributed by atoms with van der Waals surface area (Å²) in [5.41, 5.74) is -0.131. The molecule has 0 unspecified atom stereocenters. The minimum atomic E-state index is -3.67. The SMILES string of the molecule is CCCN1CCC(NS(=O)(=O)c2c[nH]c(C(=O)O)c2)CC1. The van der Waals surface area contributed by atoms with Crippen molar-refractivity contribution >= 4 is 16.0 Å². The van der Waals surface area contributed by atoms with Crippen LogP contribution >= 0.6 is 0 Å². The lowest BCUT2D eigenvalue weighted by Gasteiger charge is -2.31. The van der Waals surface area contributed by atoms with Crippen molar-refractivity contribution in [3.05, 3.63) is 18.0 Å². The number of carboxylic acid groups (broad SMARTS) is 1. The molecule has 2 heterocycles. The summed E-state index contributed by atoms with van der Waals surface area (Å²) in [6, 6.07) is 1.04. The number of aromatic nitrogens is 1. The van der Waals surface area contributed by atoms with Crippen LogP contribution in [0.1, 0.15) is 36.7 Å². The molecule has 0 amide bonds. The summed E-state index contributed by atoms with van der Waals surface area (Å²) >= 11 is 0. The summed E-state index contributed by atoms with van der Waals surface area (Å²) in [6.45, 7) is 4.93. The van der Waals surface area contributed by atoms with Gasteiger partial charge in [0.1, 0.15) is 10.6 Å². The monoisotopic (exact) mass is 315 g/mol. The highest BCUT2D eigenvalue weighted by molar-refractivity contribution is 7.89. The quantitative estimate of drug-likeness (QED) is 0.723. The molecule has 0 spiro atoms. The van der Waals surface area contributed by atoms with Gasteiger partial charge in [-0.1, -0.05) is 6.92 Å². The lowest BCUT2D eigenvalue weighted by atomic mass is 10.1. The van der Waals surface area contributed by atoms with E-state index in [0.717, 1.165) is 45.0 Å².